The number of piperazine rings is 1. The number of pyridine rings is 1. The zero-order valence-electron chi connectivity index (χ0n) is 13.9. The molecule has 1 fully saturated rings. The van der Waals surface area contributed by atoms with Crippen LogP contribution in [0, 0.1) is 0 Å². The maximum atomic E-state index is 12.8. The first-order valence-corrected chi connectivity index (χ1v) is 8.36. The van der Waals surface area contributed by atoms with Crippen LogP contribution >= 0.6 is 11.6 Å². The molecule has 0 radical (unpaired) electrons. The van der Waals surface area contributed by atoms with Gasteiger partial charge in [-0.3, -0.25) is 4.79 Å². The Morgan fingerprint density at radius 3 is 2.54 bits per heavy atom. The third-order valence-electron chi connectivity index (χ3n) is 4.18. The number of nitrogens with zero attached hydrogens (tertiary/aromatic N) is 4. The van der Waals surface area contributed by atoms with Gasteiger partial charge in [-0.15, -0.1) is 0 Å². The lowest BCUT2D eigenvalue weighted by Gasteiger charge is -2.36. The summed E-state index contributed by atoms with van der Waals surface area (Å²) in [5, 5.41) is 0.733. The molecule has 1 saturated heterocycles. The van der Waals surface area contributed by atoms with Crippen molar-refractivity contribution in [2.45, 2.75) is 0 Å². The topological polar surface area (TPSA) is 39.7 Å². The lowest BCUT2D eigenvalue weighted by Crippen LogP contribution is -2.49. The van der Waals surface area contributed by atoms with Crippen LogP contribution in [0.5, 0.6) is 0 Å². The molecule has 0 atom stereocenters. The average molecular weight is 345 g/mol. The Morgan fingerprint density at radius 1 is 1.12 bits per heavy atom. The van der Waals surface area contributed by atoms with Crippen LogP contribution in [-0.4, -0.2) is 56.1 Å². The van der Waals surface area contributed by atoms with Crippen molar-refractivity contribution in [2.24, 2.45) is 0 Å². The minimum atomic E-state index is 0.0394. The molecule has 24 heavy (non-hydrogen) atoms. The highest BCUT2D eigenvalue weighted by Gasteiger charge is 2.24. The molecule has 1 aromatic carbocycles. The van der Waals surface area contributed by atoms with Gasteiger partial charge in [0.05, 0.1) is 5.56 Å². The third kappa shape index (κ3) is 3.46. The number of carbonyl (C=O) groups is 1. The number of hydrogen-bond acceptors (Lipinski definition) is 4. The fourth-order valence-corrected chi connectivity index (χ4v) is 3.12. The molecule has 0 spiro atoms. The Morgan fingerprint density at radius 2 is 1.88 bits per heavy atom. The molecule has 0 saturated carbocycles. The monoisotopic (exact) mass is 344 g/mol. The van der Waals surface area contributed by atoms with Gasteiger partial charge in [-0.05, 0) is 30.3 Å². The van der Waals surface area contributed by atoms with Crippen LogP contribution < -0.4 is 9.80 Å². The molecule has 0 N–H and O–H groups in total. The molecular formula is C18H21ClN4O. The predicted molar refractivity (Wildman–Crippen MR) is 98.1 cm³/mol. The van der Waals surface area contributed by atoms with E-state index in [1.165, 1.54) is 0 Å². The second-order valence-electron chi connectivity index (χ2n) is 6.03. The van der Waals surface area contributed by atoms with Crippen LogP contribution in [0.3, 0.4) is 0 Å². The summed E-state index contributed by atoms with van der Waals surface area (Å²) in [4.78, 5) is 23.2. The molecule has 6 heteroatoms. The highest BCUT2D eigenvalue weighted by Crippen LogP contribution is 2.22. The van der Waals surface area contributed by atoms with Gasteiger partial charge in [-0.25, -0.2) is 4.98 Å². The quantitative estimate of drug-likeness (QED) is 0.858. The Bertz CT molecular complexity index is 726. The van der Waals surface area contributed by atoms with E-state index in [1.807, 2.05) is 54.2 Å². The van der Waals surface area contributed by atoms with E-state index in [-0.39, 0.29) is 5.91 Å². The fourth-order valence-electron chi connectivity index (χ4n) is 2.93. The number of amides is 1. The van der Waals surface area contributed by atoms with Crippen molar-refractivity contribution in [1.82, 2.24) is 9.88 Å². The number of hydrogen-bond donors (Lipinski definition) is 0. The number of halogens is 1. The molecule has 1 amide bonds. The molecule has 0 aliphatic carbocycles. The van der Waals surface area contributed by atoms with Crippen LogP contribution in [0.4, 0.5) is 11.5 Å². The fraction of sp³-hybridized carbons (Fsp3) is 0.333. The van der Waals surface area contributed by atoms with Crippen molar-refractivity contribution in [2.75, 3.05) is 50.1 Å². The predicted octanol–water partition coefficient (Wildman–Crippen LogP) is 2.76. The highest BCUT2D eigenvalue weighted by atomic mass is 35.5. The van der Waals surface area contributed by atoms with E-state index < -0.39 is 0 Å². The van der Waals surface area contributed by atoms with E-state index in [1.54, 1.807) is 6.20 Å². The second kappa shape index (κ2) is 7.09. The molecule has 1 aromatic heterocycles. The molecule has 2 aromatic rings. The molecule has 2 heterocycles. The first-order valence-electron chi connectivity index (χ1n) is 7.98. The zero-order valence-corrected chi connectivity index (χ0v) is 14.7. The first-order chi connectivity index (χ1) is 11.6. The normalized spacial score (nSPS) is 14.6. The number of benzene rings is 1. The van der Waals surface area contributed by atoms with Crippen molar-refractivity contribution in [3.05, 3.63) is 53.2 Å². The molecule has 0 bridgehead atoms. The number of anilines is 2. The summed E-state index contributed by atoms with van der Waals surface area (Å²) in [6, 6.07) is 11.5. The van der Waals surface area contributed by atoms with E-state index >= 15 is 0 Å². The first kappa shape index (κ1) is 16.6. The Kier molecular flexibility index (Phi) is 4.90. The van der Waals surface area contributed by atoms with Gasteiger partial charge in [0.15, 0.2) is 0 Å². The lowest BCUT2D eigenvalue weighted by molar-refractivity contribution is 0.0747. The molecule has 0 unspecified atom stereocenters. The van der Waals surface area contributed by atoms with Gasteiger partial charge in [-0.2, -0.15) is 0 Å². The summed E-state index contributed by atoms with van der Waals surface area (Å²) in [6.07, 6.45) is 1.71. The summed E-state index contributed by atoms with van der Waals surface area (Å²) in [7, 11) is 3.80. The largest absolute Gasteiger partial charge is 0.368 e. The van der Waals surface area contributed by atoms with E-state index in [0.717, 1.165) is 23.8 Å². The Balaban J connectivity index is 1.70. The lowest BCUT2D eigenvalue weighted by atomic mass is 10.2. The third-order valence-corrected chi connectivity index (χ3v) is 4.42. The average Bonchev–Trinajstić information content (AvgIpc) is 2.61. The van der Waals surface area contributed by atoms with Crippen LogP contribution in [0.15, 0.2) is 42.6 Å². The van der Waals surface area contributed by atoms with Gasteiger partial charge in [-0.1, -0.05) is 17.7 Å². The number of rotatable bonds is 3. The van der Waals surface area contributed by atoms with Gasteiger partial charge in [0.2, 0.25) is 0 Å². The zero-order chi connectivity index (χ0) is 17.1. The van der Waals surface area contributed by atoms with Crippen LogP contribution in [-0.2, 0) is 0 Å². The van der Waals surface area contributed by atoms with Gasteiger partial charge in [0.25, 0.3) is 5.91 Å². The summed E-state index contributed by atoms with van der Waals surface area (Å²) < 4.78 is 0. The van der Waals surface area contributed by atoms with E-state index in [4.69, 9.17) is 11.6 Å². The summed E-state index contributed by atoms with van der Waals surface area (Å²) >= 11 is 6.07. The van der Waals surface area contributed by atoms with E-state index in [9.17, 15) is 4.79 Å². The van der Waals surface area contributed by atoms with Crippen molar-refractivity contribution in [1.29, 1.82) is 0 Å². The van der Waals surface area contributed by atoms with Gasteiger partial charge in [0.1, 0.15) is 5.82 Å². The smallest absolute Gasteiger partial charge is 0.257 e. The molecule has 5 nitrogen and oxygen atoms in total. The van der Waals surface area contributed by atoms with Crippen molar-refractivity contribution < 1.29 is 4.79 Å². The minimum absolute atomic E-state index is 0.0394. The highest BCUT2D eigenvalue weighted by molar-refractivity contribution is 6.30. The molecule has 3 rings (SSSR count). The van der Waals surface area contributed by atoms with Gasteiger partial charge in [0, 0.05) is 57.2 Å². The minimum Gasteiger partial charge on any atom is -0.368 e. The van der Waals surface area contributed by atoms with Crippen LogP contribution in [0.1, 0.15) is 10.4 Å². The molecule has 126 valence electrons. The van der Waals surface area contributed by atoms with Crippen LogP contribution in [0.2, 0.25) is 5.02 Å². The van der Waals surface area contributed by atoms with Crippen molar-refractivity contribution in [3.8, 4) is 0 Å². The summed E-state index contributed by atoms with van der Waals surface area (Å²) in [6.45, 7) is 2.97. The Labute approximate surface area is 147 Å². The summed E-state index contributed by atoms with van der Waals surface area (Å²) in [5.41, 5.74) is 1.75. The number of aromatic nitrogens is 1. The van der Waals surface area contributed by atoms with Gasteiger partial charge >= 0.3 is 0 Å². The molecular weight excluding hydrogens is 324 g/mol. The Hall–Kier alpha value is -2.27. The van der Waals surface area contributed by atoms with Gasteiger partial charge < -0.3 is 14.7 Å². The number of carbonyl (C=O) groups excluding carboxylic acids is 1. The maximum absolute atomic E-state index is 12.8. The van der Waals surface area contributed by atoms with Crippen LogP contribution in [0.25, 0.3) is 0 Å². The van der Waals surface area contributed by atoms with E-state index in [2.05, 4.69) is 16.0 Å². The maximum Gasteiger partial charge on any atom is 0.257 e. The van der Waals surface area contributed by atoms with Crippen molar-refractivity contribution >= 4 is 29.0 Å². The van der Waals surface area contributed by atoms with Crippen molar-refractivity contribution in [3.63, 3.8) is 0 Å². The molecule has 1 aliphatic heterocycles. The molecule has 1 aliphatic rings. The standard InChI is InChI=1S/C18H21ClN4O/c1-21(2)17-16(7-4-8-20-17)18(24)23-11-9-22(10-12-23)15-6-3-5-14(19)13-15/h3-8,13H,9-12H2,1-2H3. The van der Waals surface area contributed by atoms with E-state index in [0.29, 0.717) is 24.5 Å². The second-order valence-corrected chi connectivity index (χ2v) is 6.46. The SMILES string of the molecule is CN(C)c1ncccc1C(=O)N1CCN(c2cccc(Cl)c2)CC1. The summed E-state index contributed by atoms with van der Waals surface area (Å²) in [5.74, 6) is 0.748.